The Bertz CT molecular complexity index is 216. The number of nitrogens with one attached hydrogen (secondary N) is 1. The van der Waals surface area contributed by atoms with Crippen molar-refractivity contribution in [3.63, 3.8) is 0 Å². The predicted octanol–water partition coefficient (Wildman–Crippen LogP) is 0.133. The fraction of sp³-hybridized carbons (Fsp3) is 0.778. The van der Waals surface area contributed by atoms with E-state index >= 15 is 0 Å². The summed E-state index contributed by atoms with van der Waals surface area (Å²) < 4.78 is 0. The van der Waals surface area contributed by atoms with Crippen molar-refractivity contribution in [1.29, 1.82) is 0 Å². The van der Waals surface area contributed by atoms with Gasteiger partial charge in [0.1, 0.15) is 6.04 Å². The number of amides is 2. The molecule has 0 aliphatic carbocycles. The number of hydrogen-bond donors (Lipinski definition) is 1. The zero-order chi connectivity index (χ0) is 9.84. The molecule has 0 radical (unpaired) electrons. The molecule has 13 heavy (non-hydrogen) atoms. The van der Waals surface area contributed by atoms with Gasteiger partial charge in [-0.05, 0) is 6.42 Å². The van der Waals surface area contributed by atoms with Crippen LogP contribution in [0, 0.1) is 0 Å². The molecular weight excluding hydrogens is 168 g/mol. The van der Waals surface area contributed by atoms with Gasteiger partial charge < -0.3 is 10.2 Å². The van der Waals surface area contributed by atoms with Crippen LogP contribution in [0.2, 0.25) is 0 Å². The van der Waals surface area contributed by atoms with E-state index in [0.717, 1.165) is 0 Å². The van der Waals surface area contributed by atoms with Crippen molar-refractivity contribution in [2.24, 2.45) is 0 Å². The lowest BCUT2D eigenvalue weighted by Crippen LogP contribution is -2.56. The summed E-state index contributed by atoms with van der Waals surface area (Å²) in [5, 5.41) is 2.76. The highest BCUT2D eigenvalue weighted by Crippen LogP contribution is 2.09. The number of hydrogen-bond acceptors (Lipinski definition) is 2. The second-order valence-electron chi connectivity index (χ2n) is 3.16. The minimum absolute atomic E-state index is 0.0180. The molecule has 4 heteroatoms. The first-order valence-electron chi connectivity index (χ1n) is 4.77. The Kier molecular flexibility index (Phi) is 3.28. The Morgan fingerprint density at radius 3 is 2.85 bits per heavy atom. The predicted molar refractivity (Wildman–Crippen MR) is 49.1 cm³/mol. The molecule has 1 aliphatic rings. The van der Waals surface area contributed by atoms with Gasteiger partial charge in [0.2, 0.25) is 11.8 Å². The fourth-order valence-electron chi connectivity index (χ4n) is 1.62. The fourth-order valence-corrected chi connectivity index (χ4v) is 1.62. The van der Waals surface area contributed by atoms with E-state index in [0.29, 0.717) is 25.9 Å². The van der Waals surface area contributed by atoms with Gasteiger partial charge in [-0.2, -0.15) is 0 Å². The molecule has 1 fully saturated rings. The Labute approximate surface area is 78.3 Å². The molecule has 1 saturated heterocycles. The lowest BCUT2D eigenvalue weighted by molar-refractivity contribution is -0.143. The molecule has 0 aromatic rings. The molecule has 4 nitrogen and oxygen atoms in total. The average Bonchev–Trinajstić information content (AvgIpc) is 2.16. The smallest absolute Gasteiger partial charge is 0.242 e. The van der Waals surface area contributed by atoms with Gasteiger partial charge in [0.25, 0.3) is 0 Å². The molecule has 2 amide bonds. The third kappa shape index (κ3) is 1.99. The summed E-state index contributed by atoms with van der Waals surface area (Å²) in [6.45, 7) is 4.98. The van der Waals surface area contributed by atoms with Crippen LogP contribution in [-0.2, 0) is 9.59 Å². The summed E-state index contributed by atoms with van der Waals surface area (Å²) in [5.74, 6) is 0.0530. The molecule has 0 spiro atoms. The summed E-state index contributed by atoms with van der Waals surface area (Å²) in [7, 11) is 0. The van der Waals surface area contributed by atoms with Gasteiger partial charge in [-0.3, -0.25) is 9.59 Å². The molecule has 1 atom stereocenters. The molecule has 0 aromatic heterocycles. The molecule has 74 valence electrons. The summed E-state index contributed by atoms with van der Waals surface area (Å²) >= 11 is 0. The Morgan fingerprint density at radius 2 is 2.31 bits per heavy atom. The highest BCUT2D eigenvalue weighted by Gasteiger charge is 2.30. The highest BCUT2D eigenvalue weighted by atomic mass is 16.2. The van der Waals surface area contributed by atoms with Crippen LogP contribution in [0.25, 0.3) is 0 Å². The first kappa shape index (κ1) is 10.0. The van der Waals surface area contributed by atoms with Crippen LogP contribution in [0.1, 0.15) is 26.7 Å². The van der Waals surface area contributed by atoms with Crippen LogP contribution >= 0.6 is 0 Å². The molecular formula is C9H16N2O2. The van der Waals surface area contributed by atoms with Gasteiger partial charge in [-0.25, -0.2) is 0 Å². The highest BCUT2D eigenvalue weighted by molar-refractivity contribution is 5.88. The third-order valence-corrected chi connectivity index (χ3v) is 2.34. The minimum atomic E-state index is -0.249. The lowest BCUT2D eigenvalue weighted by Gasteiger charge is -2.34. The summed E-state index contributed by atoms with van der Waals surface area (Å²) in [4.78, 5) is 24.5. The molecule has 1 unspecified atom stereocenters. The zero-order valence-corrected chi connectivity index (χ0v) is 8.17. The van der Waals surface area contributed by atoms with Gasteiger partial charge in [-0.1, -0.05) is 13.8 Å². The molecule has 0 bridgehead atoms. The molecule has 1 aliphatic heterocycles. The molecule has 1 N–H and O–H groups in total. The summed E-state index contributed by atoms with van der Waals surface area (Å²) in [5.41, 5.74) is 0. The Balaban J connectivity index is 2.70. The van der Waals surface area contributed by atoms with E-state index in [1.807, 2.05) is 13.8 Å². The van der Waals surface area contributed by atoms with E-state index in [2.05, 4.69) is 5.32 Å². The number of carbonyl (C=O) groups excluding carboxylic acids is 2. The normalized spacial score (nSPS) is 22.8. The van der Waals surface area contributed by atoms with Gasteiger partial charge in [0.05, 0.1) is 0 Å². The number of carbonyl (C=O) groups is 2. The standard InChI is InChI=1S/C9H16N2O2/c1-3-7-9(13)10-5-6-11(7)8(12)4-2/h7H,3-6H2,1-2H3,(H,10,13). The van der Waals surface area contributed by atoms with E-state index in [9.17, 15) is 9.59 Å². The largest absolute Gasteiger partial charge is 0.353 e. The van der Waals surface area contributed by atoms with E-state index in [-0.39, 0.29) is 17.9 Å². The van der Waals surface area contributed by atoms with Crippen LogP contribution in [0.4, 0.5) is 0 Å². The maximum absolute atomic E-state index is 11.4. The number of nitrogens with zero attached hydrogens (tertiary/aromatic N) is 1. The van der Waals surface area contributed by atoms with Crippen LogP contribution in [0.15, 0.2) is 0 Å². The number of piperazine rings is 1. The third-order valence-electron chi connectivity index (χ3n) is 2.34. The molecule has 0 saturated carbocycles. The van der Waals surface area contributed by atoms with Crippen molar-refractivity contribution in [2.45, 2.75) is 32.7 Å². The second kappa shape index (κ2) is 4.25. The van der Waals surface area contributed by atoms with Crippen molar-refractivity contribution in [3.05, 3.63) is 0 Å². The zero-order valence-electron chi connectivity index (χ0n) is 8.17. The van der Waals surface area contributed by atoms with E-state index in [1.54, 1.807) is 4.90 Å². The van der Waals surface area contributed by atoms with Crippen LogP contribution < -0.4 is 5.32 Å². The topological polar surface area (TPSA) is 49.4 Å². The minimum Gasteiger partial charge on any atom is -0.353 e. The van der Waals surface area contributed by atoms with E-state index in [4.69, 9.17) is 0 Å². The van der Waals surface area contributed by atoms with Gasteiger partial charge in [-0.15, -0.1) is 0 Å². The summed E-state index contributed by atoms with van der Waals surface area (Å²) in [6, 6.07) is -0.249. The van der Waals surface area contributed by atoms with Gasteiger partial charge >= 0.3 is 0 Å². The lowest BCUT2D eigenvalue weighted by atomic mass is 10.1. The first-order chi connectivity index (χ1) is 6.20. The number of rotatable bonds is 2. The maximum Gasteiger partial charge on any atom is 0.242 e. The Hall–Kier alpha value is -1.06. The monoisotopic (exact) mass is 184 g/mol. The van der Waals surface area contributed by atoms with Crippen LogP contribution in [0.3, 0.4) is 0 Å². The van der Waals surface area contributed by atoms with E-state index < -0.39 is 0 Å². The summed E-state index contributed by atoms with van der Waals surface area (Å²) in [6.07, 6.45) is 1.17. The van der Waals surface area contributed by atoms with Crippen molar-refractivity contribution in [2.75, 3.05) is 13.1 Å². The van der Waals surface area contributed by atoms with Crippen molar-refractivity contribution < 1.29 is 9.59 Å². The van der Waals surface area contributed by atoms with E-state index in [1.165, 1.54) is 0 Å². The maximum atomic E-state index is 11.4. The molecule has 0 aromatic carbocycles. The average molecular weight is 184 g/mol. The first-order valence-corrected chi connectivity index (χ1v) is 4.77. The van der Waals surface area contributed by atoms with Crippen molar-refractivity contribution >= 4 is 11.8 Å². The molecule has 1 rings (SSSR count). The molecule has 1 heterocycles. The Morgan fingerprint density at radius 1 is 1.62 bits per heavy atom. The van der Waals surface area contributed by atoms with Gasteiger partial charge in [0.15, 0.2) is 0 Å². The quantitative estimate of drug-likeness (QED) is 0.663. The van der Waals surface area contributed by atoms with Crippen LogP contribution in [-0.4, -0.2) is 35.8 Å². The van der Waals surface area contributed by atoms with Crippen molar-refractivity contribution in [3.8, 4) is 0 Å². The second-order valence-corrected chi connectivity index (χ2v) is 3.16. The van der Waals surface area contributed by atoms with Crippen LogP contribution in [0.5, 0.6) is 0 Å². The SMILES string of the molecule is CCC(=O)N1CCNC(=O)C1CC. The van der Waals surface area contributed by atoms with Gasteiger partial charge in [0, 0.05) is 19.5 Å². The van der Waals surface area contributed by atoms with Crippen molar-refractivity contribution in [1.82, 2.24) is 10.2 Å².